The molecule has 1 saturated heterocycles. The Morgan fingerprint density at radius 1 is 1.09 bits per heavy atom. The molecule has 2 N–H and O–H groups in total. The van der Waals surface area contributed by atoms with E-state index in [9.17, 15) is 19.5 Å². The molecule has 2 aromatic rings. The number of nitrogens with one attached hydrogen (secondary N) is 1. The van der Waals surface area contributed by atoms with Crippen molar-refractivity contribution in [3.8, 4) is 11.1 Å². The fourth-order valence-electron chi connectivity index (χ4n) is 5.03. The third kappa shape index (κ3) is 4.37. The maximum atomic E-state index is 13.2. The molecule has 2 aliphatic rings. The lowest BCUT2D eigenvalue weighted by molar-refractivity contribution is -0.151. The van der Waals surface area contributed by atoms with Gasteiger partial charge in [-0.1, -0.05) is 55.5 Å². The zero-order valence-electron chi connectivity index (χ0n) is 19.6. The smallest absolute Gasteiger partial charge is 0.407 e. The first kappa shape index (κ1) is 23.8. The maximum absolute atomic E-state index is 13.2. The lowest BCUT2D eigenvalue weighted by Gasteiger charge is -2.30. The number of fused-ring (bicyclic) bond motifs is 3. The van der Waals surface area contributed by atoms with Gasteiger partial charge in [0.05, 0.1) is 6.10 Å². The summed E-state index contributed by atoms with van der Waals surface area (Å²) in [6.07, 6.45) is -0.830. The molecule has 34 heavy (non-hydrogen) atoms. The highest BCUT2D eigenvalue weighted by molar-refractivity contribution is 5.90. The quantitative estimate of drug-likeness (QED) is 0.649. The van der Waals surface area contributed by atoms with Crippen LogP contribution in [-0.4, -0.2) is 66.4 Å². The molecule has 180 valence electrons. The number of alkyl carbamates (subject to hydrolysis) is 1. The normalized spacial score (nSPS) is 20.9. The number of nitrogens with zero attached hydrogens (tertiary/aromatic N) is 1. The van der Waals surface area contributed by atoms with Crippen LogP contribution in [0.3, 0.4) is 0 Å². The molecule has 1 aliphatic heterocycles. The minimum Gasteiger partial charge on any atom is -0.480 e. The number of hydrogen-bond donors (Lipinski definition) is 2. The number of ether oxygens (including phenoxy) is 2. The number of rotatable bonds is 7. The zero-order chi connectivity index (χ0) is 24.4. The molecule has 0 radical (unpaired) electrons. The molecule has 8 nitrogen and oxygen atoms in total. The van der Waals surface area contributed by atoms with Crippen molar-refractivity contribution < 1.29 is 29.0 Å². The molecule has 1 aliphatic carbocycles. The molecular formula is C26H30N2O6. The number of methoxy groups -OCH3 is 1. The number of carbonyl (C=O) groups excluding carboxylic acids is 2. The summed E-state index contributed by atoms with van der Waals surface area (Å²) < 4.78 is 10.9. The number of carboxylic acid groups (broad SMARTS) is 1. The minimum atomic E-state index is -1.06. The Morgan fingerprint density at radius 2 is 1.68 bits per heavy atom. The lowest BCUT2D eigenvalue weighted by atomic mass is 9.98. The van der Waals surface area contributed by atoms with Crippen molar-refractivity contribution in [2.45, 2.75) is 44.4 Å². The number of likely N-dealkylation sites (tertiary alicyclic amines) is 1. The number of hydrogen-bond acceptors (Lipinski definition) is 5. The number of carboxylic acids is 1. The van der Waals surface area contributed by atoms with E-state index in [0.717, 1.165) is 22.3 Å². The van der Waals surface area contributed by atoms with Crippen molar-refractivity contribution in [1.29, 1.82) is 0 Å². The van der Waals surface area contributed by atoms with Crippen molar-refractivity contribution in [2.75, 3.05) is 20.3 Å². The standard InChI is InChI=1S/C26H30N2O6/c1-15-12-13-28(23(15)25(30)31)24(29)22(16(2)33-3)27-26(32)34-14-21-19-10-6-4-8-17(19)18-9-5-7-11-20(18)21/h4-11,15-16,21-23H,12-14H2,1-3H3,(H,27,32)(H,30,31). The summed E-state index contributed by atoms with van der Waals surface area (Å²) in [6, 6.07) is 14.1. The van der Waals surface area contributed by atoms with E-state index in [-0.39, 0.29) is 18.4 Å². The van der Waals surface area contributed by atoms with E-state index >= 15 is 0 Å². The largest absolute Gasteiger partial charge is 0.480 e. The van der Waals surface area contributed by atoms with E-state index in [1.807, 2.05) is 36.4 Å². The third-order valence-electron chi connectivity index (χ3n) is 6.96. The van der Waals surface area contributed by atoms with E-state index in [0.29, 0.717) is 13.0 Å². The van der Waals surface area contributed by atoms with Crippen LogP contribution in [0.5, 0.6) is 0 Å². The average molecular weight is 467 g/mol. The Balaban J connectivity index is 1.46. The summed E-state index contributed by atoms with van der Waals surface area (Å²) >= 11 is 0. The van der Waals surface area contributed by atoms with Gasteiger partial charge in [-0.2, -0.15) is 0 Å². The fraction of sp³-hybridized carbons (Fsp3) is 0.423. The molecule has 0 aromatic heterocycles. The van der Waals surface area contributed by atoms with Gasteiger partial charge in [-0.05, 0) is 41.5 Å². The molecule has 1 heterocycles. The summed E-state index contributed by atoms with van der Waals surface area (Å²) in [7, 11) is 1.44. The van der Waals surface area contributed by atoms with Crippen LogP contribution < -0.4 is 5.32 Å². The summed E-state index contributed by atoms with van der Waals surface area (Å²) in [5.74, 6) is -1.82. The van der Waals surface area contributed by atoms with Gasteiger partial charge < -0.3 is 24.8 Å². The highest BCUT2D eigenvalue weighted by Gasteiger charge is 2.43. The predicted molar refractivity (Wildman–Crippen MR) is 125 cm³/mol. The summed E-state index contributed by atoms with van der Waals surface area (Å²) in [5, 5.41) is 12.2. The Labute approximate surface area is 198 Å². The van der Waals surface area contributed by atoms with Gasteiger partial charge in [0, 0.05) is 19.6 Å². The Bertz CT molecular complexity index is 1040. The van der Waals surface area contributed by atoms with E-state index in [4.69, 9.17) is 9.47 Å². The van der Waals surface area contributed by atoms with Crippen LogP contribution in [0.4, 0.5) is 4.79 Å². The molecule has 4 rings (SSSR count). The Kier molecular flexibility index (Phi) is 6.88. The first-order valence-corrected chi connectivity index (χ1v) is 11.5. The molecule has 2 amide bonds. The third-order valence-corrected chi connectivity index (χ3v) is 6.96. The number of amides is 2. The molecule has 1 fully saturated rings. The number of benzene rings is 2. The van der Waals surface area contributed by atoms with Crippen LogP contribution in [0.1, 0.15) is 37.3 Å². The molecule has 2 aromatic carbocycles. The fourth-order valence-corrected chi connectivity index (χ4v) is 5.03. The van der Waals surface area contributed by atoms with E-state index in [2.05, 4.69) is 17.4 Å². The summed E-state index contributed by atoms with van der Waals surface area (Å²) in [6.45, 7) is 3.89. The van der Waals surface area contributed by atoms with Crippen LogP contribution in [0.25, 0.3) is 11.1 Å². The van der Waals surface area contributed by atoms with Crippen LogP contribution in [0.15, 0.2) is 48.5 Å². The van der Waals surface area contributed by atoms with E-state index < -0.39 is 36.2 Å². The second-order valence-corrected chi connectivity index (χ2v) is 8.97. The molecule has 8 heteroatoms. The van der Waals surface area contributed by atoms with Gasteiger partial charge in [0.1, 0.15) is 18.7 Å². The molecule has 4 atom stereocenters. The molecule has 4 unspecified atom stereocenters. The topological polar surface area (TPSA) is 105 Å². The van der Waals surface area contributed by atoms with E-state index in [1.165, 1.54) is 12.0 Å². The zero-order valence-corrected chi connectivity index (χ0v) is 19.6. The van der Waals surface area contributed by atoms with Crippen molar-refractivity contribution in [1.82, 2.24) is 10.2 Å². The molecule has 0 bridgehead atoms. The number of aliphatic carboxylic acids is 1. The monoisotopic (exact) mass is 466 g/mol. The first-order chi connectivity index (χ1) is 16.3. The van der Waals surface area contributed by atoms with Gasteiger partial charge in [-0.3, -0.25) is 4.79 Å². The second kappa shape index (κ2) is 9.85. The molecular weight excluding hydrogens is 436 g/mol. The first-order valence-electron chi connectivity index (χ1n) is 11.5. The molecule has 0 saturated carbocycles. The maximum Gasteiger partial charge on any atom is 0.407 e. The van der Waals surface area contributed by atoms with Crippen LogP contribution in [0.2, 0.25) is 0 Å². The molecule has 0 spiro atoms. The van der Waals surface area contributed by atoms with Crippen LogP contribution >= 0.6 is 0 Å². The van der Waals surface area contributed by atoms with Gasteiger partial charge in [0.25, 0.3) is 0 Å². The van der Waals surface area contributed by atoms with Crippen LogP contribution in [-0.2, 0) is 19.1 Å². The van der Waals surface area contributed by atoms with Gasteiger partial charge >= 0.3 is 12.1 Å². The van der Waals surface area contributed by atoms with E-state index in [1.54, 1.807) is 13.8 Å². The summed E-state index contributed by atoms with van der Waals surface area (Å²) in [5.41, 5.74) is 4.42. The van der Waals surface area contributed by atoms with Crippen molar-refractivity contribution in [2.24, 2.45) is 5.92 Å². The van der Waals surface area contributed by atoms with Gasteiger partial charge in [0.2, 0.25) is 5.91 Å². The van der Waals surface area contributed by atoms with Crippen molar-refractivity contribution >= 4 is 18.0 Å². The van der Waals surface area contributed by atoms with Crippen molar-refractivity contribution in [3.63, 3.8) is 0 Å². The average Bonchev–Trinajstić information content (AvgIpc) is 3.38. The van der Waals surface area contributed by atoms with Crippen molar-refractivity contribution in [3.05, 3.63) is 59.7 Å². The lowest BCUT2D eigenvalue weighted by Crippen LogP contribution is -2.56. The SMILES string of the molecule is COC(C)C(NC(=O)OCC1c2ccccc2-c2ccccc21)C(=O)N1CCC(C)C1C(=O)O. The Hall–Kier alpha value is -3.39. The predicted octanol–water partition coefficient (Wildman–Crippen LogP) is 3.25. The minimum absolute atomic E-state index is 0.108. The van der Waals surface area contributed by atoms with Gasteiger partial charge in [0.15, 0.2) is 0 Å². The summed E-state index contributed by atoms with van der Waals surface area (Å²) in [4.78, 5) is 39.1. The Morgan fingerprint density at radius 3 is 2.24 bits per heavy atom. The van der Waals surface area contributed by atoms with Gasteiger partial charge in [-0.25, -0.2) is 9.59 Å². The second-order valence-electron chi connectivity index (χ2n) is 8.97. The van der Waals surface area contributed by atoms with Gasteiger partial charge in [-0.15, -0.1) is 0 Å². The van der Waals surface area contributed by atoms with Crippen LogP contribution in [0, 0.1) is 5.92 Å². The highest BCUT2D eigenvalue weighted by atomic mass is 16.5. The number of carbonyl (C=O) groups is 3. The highest BCUT2D eigenvalue weighted by Crippen LogP contribution is 2.44.